The smallest absolute Gasteiger partial charge is 0.136 e. The van der Waals surface area contributed by atoms with Gasteiger partial charge in [0.05, 0.1) is 14.9 Å². The lowest BCUT2D eigenvalue weighted by Crippen LogP contribution is -2.37. The zero-order chi connectivity index (χ0) is 36.1. The molecule has 1 heterocycles. The molecule has 0 bridgehead atoms. The first-order chi connectivity index (χ1) is 25.0. The largest absolute Gasteiger partial charge is 0.456 e. The van der Waals surface area contributed by atoms with E-state index < -0.39 is 14.1 Å². The molecular formula is C45H34OSi. The van der Waals surface area contributed by atoms with E-state index in [1.165, 1.54) is 10.6 Å². The van der Waals surface area contributed by atoms with Gasteiger partial charge < -0.3 is 4.42 Å². The molecule has 9 rings (SSSR count). The number of hydrogen-bond acceptors (Lipinski definition) is 1. The van der Waals surface area contributed by atoms with Crippen molar-refractivity contribution >= 4 is 67.5 Å². The number of fused-ring (bicyclic) bond motifs is 6. The molecule has 0 amide bonds. The van der Waals surface area contributed by atoms with Gasteiger partial charge in [-0.2, -0.15) is 0 Å². The van der Waals surface area contributed by atoms with Gasteiger partial charge in [0.1, 0.15) is 11.2 Å². The Morgan fingerprint density at radius 2 is 1.13 bits per heavy atom. The van der Waals surface area contributed by atoms with E-state index in [2.05, 4.69) is 105 Å². The molecule has 224 valence electrons. The van der Waals surface area contributed by atoms with Crippen LogP contribution in [0.25, 0.3) is 87.6 Å². The predicted octanol–water partition coefficient (Wildman–Crippen LogP) is 12.6. The normalized spacial score (nSPS) is 13.6. The van der Waals surface area contributed by atoms with Crippen molar-refractivity contribution in [1.82, 2.24) is 0 Å². The molecule has 0 aliphatic heterocycles. The van der Waals surface area contributed by atoms with E-state index in [1.807, 2.05) is 36.4 Å². The van der Waals surface area contributed by atoms with Crippen LogP contribution in [-0.4, -0.2) is 8.07 Å². The highest BCUT2D eigenvalue weighted by Crippen LogP contribution is 2.46. The summed E-state index contributed by atoms with van der Waals surface area (Å²) in [4.78, 5) is 0. The van der Waals surface area contributed by atoms with Gasteiger partial charge >= 0.3 is 0 Å². The summed E-state index contributed by atoms with van der Waals surface area (Å²) in [7, 11) is -1.67. The summed E-state index contributed by atoms with van der Waals surface area (Å²) in [6.07, 6.45) is 0. The van der Waals surface area contributed by atoms with Crippen molar-refractivity contribution in [2.45, 2.75) is 19.6 Å². The summed E-state index contributed by atoms with van der Waals surface area (Å²) in [6.45, 7) is 7.07. The SMILES string of the molecule is [2H]c1c([2H])c([2H])c(-c2c3ccccc3c(-c3ccc4c(c3)oc3cccc([Si](C)(C)C)c34)c3ccc(-c4cccc5ccccc45)cc23)c([2H])c1[2H]. The molecule has 0 aliphatic carbocycles. The molecular weight excluding hydrogens is 585 g/mol. The second-order valence-corrected chi connectivity index (χ2v) is 18.4. The van der Waals surface area contributed by atoms with Gasteiger partial charge in [-0.3, -0.25) is 0 Å². The molecule has 0 aliphatic rings. The van der Waals surface area contributed by atoms with Gasteiger partial charge in [-0.05, 0) is 95.2 Å². The van der Waals surface area contributed by atoms with Gasteiger partial charge in [-0.15, -0.1) is 0 Å². The van der Waals surface area contributed by atoms with Crippen molar-refractivity contribution in [3.63, 3.8) is 0 Å². The highest BCUT2D eigenvalue weighted by Gasteiger charge is 2.23. The Bertz CT molecular complexity index is 2920. The molecule has 2 heteroatoms. The number of benzene rings is 8. The topological polar surface area (TPSA) is 13.1 Å². The lowest BCUT2D eigenvalue weighted by atomic mass is 9.84. The Morgan fingerprint density at radius 3 is 1.91 bits per heavy atom. The third kappa shape index (κ3) is 4.44. The lowest BCUT2D eigenvalue weighted by molar-refractivity contribution is 0.669. The summed E-state index contributed by atoms with van der Waals surface area (Å²) in [5.41, 5.74) is 6.54. The van der Waals surface area contributed by atoms with E-state index in [1.54, 1.807) is 0 Å². The van der Waals surface area contributed by atoms with Crippen LogP contribution in [-0.2, 0) is 0 Å². The molecule has 0 radical (unpaired) electrons. The van der Waals surface area contributed by atoms with Crippen LogP contribution in [0.3, 0.4) is 0 Å². The summed E-state index contributed by atoms with van der Waals surface area (Å²) >= 11 is 0. The fourth-order valence-corrected chi connectivity index (χ4v) is 8.99. The van der Waals surface area contributed by atoms with Crippen LogP contribution >= 0.6 is 0 Å². The Labute approximate surface area is 282 Å². The monoisotopic (exact) mass is 623 g/mol. The molecule has 0 fully saturated rings. The molecule has 0 saturated carbocycles. The van der Waals surface area contributed by atoms with Crippen LogP contribution in [0.4, 0.5) is 0 Å². The van der Waals surface area contributed by atoms with Gasteiger partial charge in [-0.1, -0.05) is 147 Å². The second-order valence-electron chi connectivity index (χ2n) is 13.3. The zero-order valence-corrected chi connectivity index (χ0v) is 27.5. The summed E-state index contributed by atoms with van der Waals surface area (Å²) < 4.78 is 50.3. The van der Waals surface area contributed by atoms with E-state index in [9.17, 15) is 0 Å². The van der Waals surface area contributed by atoms with Gasteiger partial charge in [0, 0.05) is 10.8 Å². The Hall–Kier alpha value is -5.44. The number of furan rings is 1. The summed E-state index contributed by atoms with van der Waals surface area (Å²) in [6, 6.07) is 40.3. The van der Waals surface area contributed by atoms with Crippen molar-refractivity contribution in [2.75, 3.05) is 0 Å². The van der Waals surface area contributed by atoms with Crippen LogP contribution < -0.4 is 5.19 Å². The molecule has 0 N–H and O–H groups in total. The minimum atomic E-state index is -1.67. The molecule has 1 nitrogen and oxygen atoms in total. The van der Waals surface area contributed by atoms with Crippen molar-refractivity contribution in [3.8, 4) is 33.4 Å². The van der Waals surface area contributed by atoms with Crippen LogP contribution in [0.5, 0.6) is 0 Å². The fourth-order valence-electron chi connectivity index (χ4n) is 7.38. The average molecular weight is 624 g/mol. The standard InChI is InChI=1S/C45H34OSi/c1-47(2,3)42-22-12-21-40-45(42)38-26-24-32(28-41(38)46-40)44-36-19-10-9-18-35(36)43(30-14-5-4-6-15-30)39-27-31(23-25-37(39)44)34-20-11-16-29-13-7-8-17-33(29)34/h4-28H,1-3H3/i4D,5D,6D,14D,15D. The first-order valence-electron chi connectivity index (χ1n) is 18.5. The summed E-state index contributed by atoms with van der Waals surface area (Å²) in [5, 5.41) is 9.36. The van der Waals surface area contributed by atoms with E-state index >= 15 is 0 Å². The number of rotatable bonds is 4. The first kappa shape index (κ1) is 23.0. The molecule has 0 spiro atoms. The van der Waals surface area contributed by atoms with Crippen LogP contribution in [0, 0.1) is 0 Å². The van der Waals surface area contributed by atoms with Crippen molar-refractivity contribution in [3.05, 3.63) is 152 Å². The minimum absolute atomic E-state index is 0.195. The van der Waals surface area contributed by atoms with E-state index in [0.29, 0.717) is 5.56 Å². The van der Waals surface area contributed by atoms with Gasteiger partial charge in [0.2, 0.25) is 0 Å². The Balaban J connectivity index is 1.42. The maximum Gasteiger partial charge on any atom is 0.136 e. The van der Waals surface area contributed by atoms with E-state index in [4.69, 9.17) is 11.3 Å². The van der Waals surface area contributed by atoms with Crippen molar-refractivity contribution in [2.24, 2.45) is 0 Å². The molecule has 47 heavy (non-hydrogen) atoms. The van der Waals surface area contributed by atoms with Crippen LogP contribution in [0.2, 0.25) is 19.6 Å². The van der Waals surface area contributed by atoms with E-state index in [-0.39, 0.29) is 29.7 Å². The van der Waals surface area contributed by atoms with E-state index in [0.717, 1.165) is 71.1 Å². The molecule has 9 aromatic rings. The molecule has 1 aromatic heterocycles. The van der Waals surface area contributed by atoms with Gasteiger partial charge in [0.25, 0.3) is 0 Å². The van der Waals surface area contributed by atoms with Crippen LogP contribution in [0.15, 0.2) is 156 Å². The lowest BCUT2D eigenvalue weighted by Gasteiger charge is -2.19. The molecule has 8 aromatic carbocycles. The fraction of sp³-hybridized carbons (Fsp3) is 0.0667. The quantitative estimate of drug-likeness (QED) is 0.140. The van der Waals surface area contributed by atoms with Crippen molar-refractivity contribution < 1.29 is 11.3 Å². The third-order valence-corrected chi connectivity index (χ3v) is 11.5. The first-order valence-corrected chi connectivity index (χ1v) is 19.5. The zero-order valence-electron chi connectivity index (χ0n) is 31.5. The molecule has 0 unspecified atom stereocenters. The van der Waals surface area contributed by atoms with Gasteiger partial charge in [-0.25, -0.2) is 0 Å². The maximum absolute atomic E-state index is 9.09. The molecule has 0 saturated heterocycles. The van der Waals surface area contributed by atoms with Gasteiger partial charge in [0.15, 0.2) is 0 Å². The highest BCUT2D eigenvalue weighted by molar-refractivity contribution is 6.90. The Kier molecular flexibility index (Phi) is 5.16. The van der Waals surface area contributed by atoms with Crippen LogP contribution in [0.1, 0.15) is 6.85 Å². The highest BCUT2D eigenvalue weighted by atomic mass is 28.3. The maximum atomic E-state index is 9.09. The summed E-state index contributed by atoms with van der Waals surface area (Å²) in [5.74, 6) is 0. The second kappa shape index (κ2) is 10.6. The molecule has 0 atom stereocenters. The predicted molar refractivity (Wildman–Crippen MR) is 206 cm³/mol. The van der Waals surface area contributed by atoms with Crippen molar-refractivity contribution in [1.29, 1.82) is 0 Å². The third-order valence-electron chi connectivity index (χ3n) is 9.47. The number of hydrogen-bond donors (Lipinski definition) is 0. The minimum Gasteiger partial charge on any atom is -0.456 e. The average Bonchev–Trinajstić information content (AvgIpc) is 3.53. The Morgan fingerprint density at radius 1 is 0.489 bits per heavy atom.